The topological polar surface area (TPSA) is 117 Å². The van der Waals surface area contributed by atoms with Gasteiger partial charge in [-0.1, -0.05) is 48.7 Å². The predicted molar refractivity (Wildman–Crippen MR) is 91.9 cm³/mol. The molecule has 2 unspecified atom stereocenters. The van der Waals surface area contributed by atoms with Crippen molar-refractivity contribution in [3.63, 3.8) is 0 Å². The lowest BCUT2D eigenvalue weighted by Gasteiger charge is -2.22. The SMILES string of the molecule is COC(=O)NC(CC(=O)OCC(Cl)(Cl)Cl)C(=O)OC(C(=O)OC)C(C)C. The quantitative estimate of drug-likeness (QED) is 0.347. The largest absolute Gasteiger partial charge is 0.466 e. The monoisotopic (exact) mass is 435 g/mol. The molecule has 0 aliphatic heterocycles. The average Bonchev–Trinajstić information content (AvgIpc) is 2.55. The van der Waals surface area contributed by atoms with Gasteiger partial charge < -0.3 is 24.3 Å². The van der Waals surface area contributed by atoms with Crippen LogP contribution >= 0.6 is 34.8 Å². The van der Waals surface area contributed by atoms with E-state index in [1.807, 2.05) is 0 Å². The van der Waals surface area contributed by atoms with E-state index in [4.69, 9.17) is 44.3 Å². The lowest BCUT2D eigenvalue weighted by atomic mass is 10.1. The second-order valence-electron chi connectivity index (χ2n) is 5.29. The zero-order chi connectivity index (χ0) is 20.5. The minimum Gasteiger partial charge on any atom is -0.466 e. The van der Waals surface area contributed by atoms with E-state index in [2.05, 4.69) is 14.8 Å². The number of nitrogens with one attached hydrogen (secondary N) is 1. The lowest BCUT2D eigenvalue weighted by molar-refractivity contribution is -0.171. The van der Waals surface area contributed by atoms with Crippen molar-refractivity contribution in [1.82, 2.24) is 5.32 Å². The molecule has 0 saturated heterocycles. The number of ether oxygens (including phenoxy) is 4. The minimum absolute atomic E-state index is 0.415. The van der Waals surface area contributed by atoms with E-state index < -0.39 is 58.9 Å². The van der Waals surface area contributed by atoms with Crippen LogP contribution in [0.15, 0.2) is 0 Å². The first-order valence-corrected chi connectivity index (χ1v) is 8.39. The van der Waals surface area contributed by atoms with Crippen LogP contribution in [-0.4, -0.2) is 60.8 Å². The molecule has 0 aromatic carbocycles. The highest BCUT2D eigenvalue weighted by Gasteiger charge is 2.34. The van der Waals surface area contributed by atoms with Gasteiger partial charge in [-0.3, -0.25) is 4.79 Å². The first kappa shape index (κ1) is 24.6. The number of esters is 3. The summed E-state index contributed by atoms with van der Waals surface area (Å²) in [6.07, 6.45) is -2.87. The maximum Gasteiger partial charge on any atom is 0.407 e. The second-order valence-corrected chi connectivity index (χ2v) is 7.81. The van der Waals surface area contributed by atoms with E-state index >= 15 is 0 Å². The third-order valence-corrected chi connectivity index (χ3v) is 3.14. The van der Waals surface area contributed by atoms with Gasteiger partial charge in [-0.15, -0.1) is 0 Å². The lowest BCUT2D eigenvalue weighted by Crippen LogP contribution is -2.46. The minimum atomic E-state index is -1.84. The molecule has 1 amide bonds. The molecule has 0 radical (unpaired) electrons. The number of carbonyl (C=O) groups is 4. The van der Waals surface area contributed by atoms with E-state index in [0.29, 0.717) is 0 Å². The molecule has 0 spiro atoms. The smallest absolute Gasteiger partial charge is 0.407 e. The van der Waals surface area contributed by atoms with Gasteiger partial charge in [-0.05, 0) is 0 Å². The van der Waals surface area contributed by atoms with Crippen LogP contribution in [0.3, 0.4) is 0 Å². The number of carbonyl (C=O) groups excluding carboxylic acids is 4. The fourth-order valence-corrected chi connectivity index (χ4v) is 1.73. The highest BCUT2D eigenvalue weighted by atomic mass is 35.6. The molecule has 26 heavy (non-hydrogen) atoms. The zero-order valence-corrected chi connectivity index (χ0v) is 16.8. The molecule has 2 atom stereocenters. The number of hydrogen-bond acceptors (Lipinski definition) is 8. The van der Waals surface area contributed by atoms with Gasteiger partial charge in [0.1, 0.15) is 12.6 Å². The molecular weight excluding hydrogens is 417 g/mol. The van der Waals surface area contributed by atoms with Gasteiger partial charge in [-0.2, -0.15) is 0 Å². The molecule has 0 heterocycles. The summed E-state index contributed by atoms with van der Waals surface area (Å²) in [5, 5.41) is 2.11. The molecular formula is C14H20Cl3NO8. The summed E-state index contributed by atoms with van der Waals surface area (Å²) < 4.78 is 16.8. The Labute approximate surface area is 165 Å². The molecule has 0 fully saturated rings. The summed E-state index contributed by atoms with van der Waals surface area (Å²) in [6, 6.07) is -1.49. The number of hydrogen-bond donors (Lipinski definition) is 1. The zero-order valence-electron chi connectivity index (χ0n) is 14.5. The van der Waals surface area contributed by atoms with Gasteiger partial charge in [0.05, 0.1) is 20.6 Å². The van der Waals surface area contributed by atoms with Crippen LogP contribution < -0.4 is 5.32 Å². The van der Waals surface area contributed by atoms with Gasteiger partial charge in [-0.25, -0.2) is 14.4 Å². The van der Waals surface area contributed by atoms with Crippen molar-refractivity contribution < 1.29 is 38.1 Å². The first-order valence-electron chi connectivity index (χ1n) is 7.26. The summed E-state index contributed by atoms with van der Waals surface area (Å²) in [6.45, 7) is 2.67. The fraction of sp³-hybridized carbons (Fsp3) is 0.714. The van der Waals surface area contributed by atoms with Crippen LogP contribution in [0.1, 0.15) is 20.3 Å². The highest BCUT2D eigenvalue weighted by Crippen LogP contribution is 2.26. The van der Waals surface area contributed by atoms with Crippen LogP contribution in [0.4, 0.5) is 4.79 Å². The molecule has 0 aromatic heterocycles. The maximum atomic E-state index is 12.3. The van der Waals surface area contributed by atoms with Gasteiger partial charge >= 0.3 is 24.0 Å². The number of alkyl carbamates (subject to hydrolysis) is 1. The van der Waals surface area contributed by atoms with Gasteiger partial charge in [0, 0.05) is 5.92 Å². The standard InChI is InChI=1S/C14H20Cl3NO8/c1-7(2)10(12(21)23-3)26-11(20)8(18-13(22)24-4)5-9(19)25-6-14(15,16)17/h7-8,10H,5-6H2,1-4H3,(H,18,22). The van der Waals surface area contributed by atoms with Crippen molar-refractivity contribution in [3.05, 3.63) is 0 Å². The van der Waals surface area contributed by atoms with Gasteiger partial charge in [0.25, 0.3) is 0 Å². The number of amides is 1. The van der Waals surface area contributed by atoms with E-state index in [9.17, 15) is 19.2 Å². The Hall–Kier alpha value is -1.45. The van der Waals surface area contributed by atoms with Gasteiger partial charge in [0.15, 0.2) is 0 Å². The first-order chi connectivity index (χ1) is 11.9. The fourth-order valence-electron chi connectivity index (χ4n) is 1.56. The predicted octanol–water partition coefficient (Wildman–Crippen LogP) is 1.76. The molecule has 1 N–H and O–H groups in total. The van der Waals surface area contributed by atoms with Crippen molar-refractivity contribution in [2.24, 2.45) is 5.92 Å². The van der Waals surface area contributed by atoms with Crippen LogP contribution in [0.5, 0.6) is 0 Å². The summed E-state index contributed by atoms with van der Waals surface area (Å²) in [4.78, 5) is 47.1. The van der Waals surface area contributed by atoms with E-state index in [1.165, 1.54) is 0 Å². The van der Waals surface area contributed by atoms with Crippen molar-refractivity contribution in [3.8, 4) is 0 Å². The maximum absolute atomic E-state index is 12.3. The molecule has 0 rings (SSSR count). The Bertz CT molecular complexity index is 521. The number of alkyl halides is 3. The third-order valence-electron chi connectivity index (χ3n) is 2.81. The van der Waals surface area contributed by atoms with Crippen LogP contribution in [0.25, 0.3) is 0 Å². The van der Waals surface area contributed by atoms with Crippen molar-refractivity contribution in [2.75, 3.05) is 20.8 Å². The Kier molecular flexibility index (Phi) is 10.7. The molecule has 0 bridgehead atoms. The molecule has 0 saturated carbocycles. The summed E-state index contributed by atoms with van der Waals surface area (Å²) in [5.74, 6) is -3.22. The average molecular weight is 437 g/mol. The molecule has 150 valence electrons. The highest BCUT2D eigenvalue weighted by molar-refractivity contribution is 6.67. The van der Waals surface area contributed by atoms with Crippen LogP contribution in [0, 0.1) is 5.92 Å². The molecule has 0 aliphatic rings. The molecule has 0 aromatic rings. The molecule has 12 heteroatoms. The number of halogens is 3. The van der Waals surface area contributed by atoms with Crippen LogP contribution in [-0.2, 0) is 33.3 Å². The van der Waals surface area contributed by atoms with E-state index in [1.54, 1.807) is 13.8 Å². The second kappa shape index (κ2) is 11.3. The Balaban J connectivity index is 5.10. The van der Waals surface area contributed by atoms with E-state index in [0.717, 1.165) is 14.2 Å². The number of rotatable bonds is 8. The molecule has 9 nitrogen and oxygen atoms in total. The van der Waals surface area contributed by atoms with Crippen molar-refractivity contribution >= 4 is 58.8 Å². The summed E-state index contributed by atoms with van der Waals surface area (Å²) in [5.41, 5.74) is 0. The summed E-state index contributed by atoms with van der Waals surface area (Å²) >= 11 is 16.4. The third kappa shape index (κ3) is 9.88. The van der Waals surface area contributed by atoms with Crippen LogP contribution in [0.2, 0.25) is 0 Å². The Morgan fingerprint density at radius 1 is 1.00 bits per heavy atom. The normalized spacial score (nSPS) is 13.4. The Morgan fingerprint density at radius 3 is 2.00 bits per heavy atom. The number of methoxy groups -OCH3 is 2. The van der Waals surface area contributed by atoms with Gasteiger partial charge in [0.2, 0.25) is 9.90 Å². The van der Waals surface area contributed by atoms with Crippen molar-refractivity contribution in [1.29, 1.82) is 0 Å². The van der Waals surface area contributed by atoms with E-state index in [-0.39, 0.29) is 0 Å². The summed E-state index contributed by atoms with van der Waals surface area (Å²) in [7, 11) is 2.19. The van der Waals surface area contributed by atoms with Crippen molar-refractivity contribution in [2.45, 2.75) is 36.2 Å². The Morgan fingerprint density at radius 2 is 1.58 bits per heavy atom. The molecule has 0 aliphatic carbocycles.